The number of hydrogen-bond acceptors (Lipinski definition) is 7. The maximum absolute atomic E-state index is 11.7. The minimum Gasteiger partial charge on any atom is -0.367 e. The van der Waals surface area contributed by atoms with Crippen LogP contribution in [0.1, 0.15) is 12.3 Å². The summed E-state index contributed by atoms with van der Waals surface area (Å²) in [6, 6.07) is 1.88. The van der Waals surface area contributed by atoms with Crippen LogP contribution >= 0.6 is 0 Å². The Morgan fingerprint density at radius 2 is 1.83 bits per heavy atom. The number of nitrogens with zero attached hydrogens (tertiary/aromatic N) is 3. The molecule has 2 rings (SSSR count). The third-order valence-electron chi connectivity index (χ3n) is 2.85. The fourth-order valence-electron chi connectivity index (χ4n) is 1.71. The first-order chi connectivity index (χ1) is 11.0. The van der Waals surface area contributed by atoms with E-state index in [1.165, 1.54) is 0 Å². The van der Waals surface area contributed by atoms with Crippen LogP contribution in [0.4, 0.5) is 0 Å². The van der Waals surface area contributed by atoms with Crippen molar-refractivity contribution in [3.63, 3.8) is 0 Å². The van der Waals surface area contributed by atoms with Crippen molar-refractivity contribution in [2.75, 3.05) is 0 Å². The number of nitrogens with one attached hydrogen (secondary N) is 1. The standard InChI is InChI=1S/C13H14N6O4/c14-11(21)10(12(15)22)17-8(20)1-2-9-18-13(19-23-9)7-3-5-16-6-4-7/h3-6,10H,1-2H2,(H2,14,21)(H2,15,22)(H,17,20). The predicted octanol–water partition coefficient (Wildman–Crippen LogP) is -1.48. The number of hydrogen-bond donors (Lipinski definition) is 3. The molecule has 0 atom stereocenters. The van der Waals surface area contributed by atoms with Crippen molar-refractivity contribution in [1.29, 1.82) is 0 Å². The molecule has 0 aliphatic heterocycles. The SMILES string of the molecule is NC(=O)C(NC(=O)CCc1nc(-c2ccncc2)no1)C(N)=O. The third-order valence-corrected chi connectivity index (χ3v) is 2.85. The molecule has 0 bridgehead atoms. The first-order valence-corrected chi connectivity index (χ1v) is 6.58. The Balaban J connectivity index is 1.91. The van der Waals surface area contributed by atoms with Crippen LogP contribution in [0, 0.1) is 0 Å². The molecule has 23 heavy (non-hydrogen) atoms. The molecule has 0 aliphatic carbocycles. The molecule has 0 aromatic carbocycles. The van der Waals surface area contributed by atoms with E-state index in [1.807, 2.05) is 0 Å². The Morgan fingerprint density at radius 3 is 2.43 bits per heavy atom. The second-order valence-electron chi connectivity index (χ2n) is 4.55. The van der Waals surface area contributed by atoms with Crippen molar-refractivity contribution in [1.82, 2.24) is 20.4 Å². The van der Waals surface area contributed by atoms with Crippen LogP contribution in [-0.2, 0) is 20.8 Å². The molecule has 10 heteroatoms. The summed E-state index contributed by atoms with van der Waals surface area (Å²) in [6.45, 7) is 0. The van der Waals surface area contributed by atoms with Crippen LogP contribution in [0.15, 0.2) is 29.0 Å². The van der Waals surface area contributed by atoms with Crippen LogP contribution < -0.4 is 16.8 Å². The second-order valence-corrected chi connectivity index (χ2v) is 4.55. The molecule has 0 fully saturated rings. The van der Waals surface area contributed by atoms with Crippen molar-refractivity contribution in [3.05, 3.63) is 30.4 Å². The molecule has 120 valence electrons. The number of primary amides is 2. The van der Waals surface area contributed by atoms with E-state index < -0.39 is 23.8 Å². The number of pyridine rings is 1. The van der Waals surface area contributed by atoms with Gasteiger partial charge in [0, 0.05) is 30.8 Å². The minimum atomic E-state index is -1.54. The van der Waals surface area contributed by atoms with Crippen LogP contribution in [0.25, 0.3) is 11.4 Å². The van der Waals surface area contributed by atoms with Crippen LogP contribution in [-0.4, -0.2) is 38.9 Å². The minimum absolute atomic E-state index is 0.0744. The molecule has 2 aromatic rings. The van der Waals surface area contributed by atoms with Gasteiger partial charge in [0.2, 0.25) is 29.4 Å². The largest absolute Gasteiger partial charge is 0.367 e. The highest BCUT2D eigenvalue weighted by Crippen LogP contribution is 2.14. The van der Waals surface area contributed by atoms with E-state index in [-0.39, 0.29) is 18.7 Å². The maximum atomic E-state index is 11.7. The molecule has 5 N–H and O–H groups in total. The number of carbonyl (C=O) groups is 3. The molecule has 0 unspecified atom stereocenters. The summed E-state index contributed by atoms with van der Waals surface area (Å²) < 4.78 is 5.02. The summed E-state index contributed by atoms with van der Waals surface area (Å²) in [5.41, 5.74) is 10.6. The van der Waals surface area contributed by atoms with Crippen molar-refractivity contribution in [2.24, 2.45) is 11.5 Å². The fourth-order valence-corrected chi connectivity index (χ4v) is 1.71. The van der Waals surface area contributed by atoms with Gasteiger partial charge >= 0.3 is 0 Å². The molecular formula is C13H14N6O4. The van der Waals surface area contributed by atoms with E-state index in [0.29, 0.717) is 5.82 Å². The number of rotatable bonds is 7. The number of aryl methyl sites for hydroxylation is 1. The van der Waals surface area contributed by atoms with E-state index in [4.69, 9.17) is 16.0 Å². The highest BCUT2D eigenvalue weighted by molar-refractivity contribution is 6.05. The average molecular weight is 318 g/mol. The zero-order valence-electron chi connectivity index (χ0n) is 11.9. The molecule has 10 nitrogen and oxygen atoms in total. The van der Waals surface area contributed by atoms with Gasteiger partial charge in [-0.25, -0.2) is 0 Å². The summed E-state index contributed by atoms with van der Waals surface area (Å²) in [7, 11) is 0. The molecule has 0 saturated heterocycles. The van der Waals surface area contributed by atoms with E-state index in [2.05, 4.69) is 20.4 Å². The van der Waals surface area contributed by atoms with E-state index in [9.17, 15) is 14.4 Å². The summed E-state index contributed by atoms with van der Waals surface area (Å²) in [5, 5.41) is 5.93. The van der Waals surface area contributed by atoms with Gasteiger partial charge in [0.1, 0.15) is 0 Å². The summed E-state index contributed by atoms with van der Waals surface area (Å²) in [4.78, 5) is 41.6. The van der Waals surface area contributed by atoms with Crippen molar-refractivity contribution in [2.45, 2.75) is 18.9 Å². The summed E-state index contributed by atoms with van der Waals surface area (Å²) >= 11 is 0. The molecule has 2 heterocycles. The van der Waals surface area contributed by atoms with Gasteiger partial charge in [0.25, 0.3) is 0 Å². The fraction of sp³-hybridized carbons (Fsp3) is 0.231. The van der Waals surface area contributed by atoms with E-state index in [1.54, 1.807) is 24.5 Å². The molecule has 2 aromatic heterocycles. The van der Waals surface area contributed by atoms with Gasteiger partial charge in [-0.3, -0.25) is 19.4 Å². The summed E-state index contributed by atoms with van der Waals surface area (Å²) in [6.07, 6.45) is 3.24. The topological polar surface area (TPSA) is 167 Å². The molecular weight excluding hydrogens is 304 g/mol. The second kappa shape index (κ2) is 7.11. The van der Waals surface area contributed by atoms with Gasteiger partial charge in [-0.15, -0.1) is 0 Å². The molecule has 0 aliphatic rings. The smallest absolute Gasteiger partial charge is 0.249 e. The molecule has 0 radical (unpaired) electrons. The first kappa shape index (κ1) is 16.1. The monoisotopic (exact) mass is 318 g/mol. The van der Waals surface area contributed by atoms with Crippen LogP contribution in [0.3, 0.4) is 0 Å². The van der Waals surface area contributed by atoms with Gasteiger partial charge in [0.15, 0.2) is 6.04 Å². The predicted molar refractivity (Wildman–Crippen MR) is 76.2 cm³/mol. The van der Waals surface area contributed by atoms with Crippen molar-refractivity contribution >= 4 is 17.7 Å². The lowest BCUT2D eigenvalue weighted by Crippen LogP contribution is -2.52. The van der Waals surface area contributed by atoms with E-state index in [0.717, 1.165) is 5.56 Å². The van der Waals surface area contributed by atoms with Gasteiger partial charge in [-0.2, -0.15) is 4.98 Å². The number of amides is 3. The Labute approximate surface area is 130 Å². The van der Waals surface area contributed by atoms with E-state index >= 15 is 0 Å². The lowest BCUT2D eigenvalue weighted by molar-refractivity contribution is -0.134. The highest BCUT2D eigenvalue weighted by atomic mass is 16.5. The average Bonchev–Trinajstić information content (AvgIpc) is 3.00. The molecule has 0 saturated carbocycles. The lowest BCUT2D eigenvalue weighted by Gasteiger charge is -2.10. The van der Waals surface area contributed by atoms with Crippen molar-refractivity contribution < 1.29 is 18.9 Å². The Hall–Kier alpha value is -3.30. The maximum Gasteiger partial charge on any atom is 0.249 e. The Bertz CT molecular complexity index is 700. The van der Waals surface area contributed by atoms with Crippen LogP contribution in [0.2, 0.25) is 0 Å². The lowest BCUT2D eigenvalue weighted by atomic mass is 10.2. The number of carbonyl (C=O) groups excluding carboxylic acids is 3. The Morgan fingerprint density at radius 1 is 1.17 bits per heavy atom. The normalized spacial score (nSPS) is 10.5. The quantitative estimate of drug-likeness (QED) is 0.523. The zero-order chi connectivity index (χ0) is 16.8. The zero-order valence-corrected chi connectivity index (χ0v) is 11.9. The Kier molecular flexibility index (Phi) is 4.97. The van der Waals surface area contributed by atoms with Crippen molar-refractivity contribution in [3.8, 4) is 11.4 Å². The molecule has 3 amide bonds. The highest BCUT2D eigenvalue weighted by Gasteiger charge is 2.23. The number of aromatic nitrogens is 3. The third kappa shape index (κ3) is 4.33. The van der Waals surface area contributed by atoms with Gasteiger partial charge < -0.3 is 21.3 Å². The molecule has 0 spiro atoms. The van der Waals surface area contributed by atoms with Crippen LogP contribution in [0.5, 0.6) is 0 Å². The van der Waals surface area contributed by atoms with Gasteiger partial charge in [-0.1, -0.05) is 5.16 Å². The van der Waals surface area contributed by atoms with Gasteiger partial charge in [-0.05, 0) is 12.1 Å². The van der Waals surface area contributed by atoms with Gasteiger partial charge in [0.05, 0.1) is 0 Å². The number of nitrogens with two attached hydrogens (primary N) is 2. The first-order valence-electron chi connectivity index (χ1n) is 6.58. The summed E-state index contributed by atoms with van der Waals surface area (Å²) in [5.74, 6) is -2.03.